The molecule has 1 aromatic heterocycles. The highest BCUT2D eigenvalue weighted by atomic mass is 35.5. The van der Waals surface area contributed by atoms with Gasteiger partial charge in [-0.15, -0.1) is 0 Å². The molecule has 2 aromatic rings. The zero-order valence-corrected chi connectivity index (χ0v) is 11.7. The zero-order valence-electron chi connectivity index (χ0n) is 9.41. The topological polar surface area (TPSA) is 38.9 Å². The van der Waals surface area contributed by atoms with E-state index in [9.17, 15) is 0 Å². The van der Waals surface area contributed by atoms with Crippen molar-refractivity contribution in [2.75, 3.05) is 0 Å². The molecule has 0 radical (unpaired) electrons. The standard InChI is InChI=1S/C13H11Cl3N2/c14-9-2-1-8(11(16)6-9)5-12(17)13-4-3-10(15)7-18-13/h1-4,6-7,12H,5,17H2. The first-order valence-electron chi connectivity index (χ1n) is 5.37. The molecule has 18 heavy (non-hydrogen) atoms. The molecule has 0 fully saturated rings. The van der Waals surface area contributed by atoms with Crippen molar-refractivity contribution in [1.82, 2.24) is 4.98 Å². The zero-order chi connectivity index (χ0) is 13.1. The van der Waals surface area contributed by atoms with Crippen LogP contribution in [0.1, 0.15) is 17.3 Å². The van der Waals surface area contributed by atoms with Gasteiger partial charge in [0, 0.05) is 16.2 Å². The van der Waals surface area contributed by atoms with E-state index in [0.717, 1.165) is 11.3 Å². The minimum atomic E-state index is -0.221. The lowest BCUT2D eigenvalue weighted by Gasteiger charge is -2.12. The Morgan fingerprint density at radius 1 is 1.06 bits per heavy atom. The first kappa shape index (κ1) is 13.6. The summed E-state index contributed by atoms with van der Waals surface area (Å²) in [6.45, 7) is 0. The molecule has 1 unspecified atom stereocenters. The van der Waals surface area contributed by atoms with Gasteiger partial charge in [0.15, 0.2) is 0 Å². The first-order valence-corrected chi connectivity index (χ1v) is 6.50. The quantitative estimate of drug-likeness (QED) is 0.918. The SMILES string of the molecule is NC(Cc1ccc(Cl)cc1Cl)c1ccc(Cl)cn1. The van der Waals surface area contributed by atoms with Gasteiger partial charge in [-0.3, -0.25) is 4.98 Å². The highest BCUT2D eigenvalue weighted by Crippen LogP contribution is 2.24. The number of nitrogens with two attached hydrogens (primary N) is 1. The minimum Gasteiger partial charge on any atom is -0.322 e. The third kappa shape index (κ3) is 3.36. The Morgan fingerprint density at radius 3 is 2.39 bits per heavy atom. The number of rotatable bonds is 3. The summed E-state index contributed by atoms with van der Waals surface area (Å²) >= 11 is 17.7. The van der Waals surface area contributed by atoms with E-state index < -0.39 is 0 Å². The van der Waals surface area contributed by atoms with Crippen LogP contribution in [0, 0.1) is 0 Å². The molecule has 0 bridgehead atoms. The predicted octanol–water partition coefficient (Wildman–Crippen LogP) is 4.28. The molecule has 2 rings (SSSR count). The molecule has 0 saturated heterocycles. The summed E-state index contributed by atoms with van der Waals surface area (Å²) in [5, 5.41) is 1.82. The first-order chi connectivity index (χ1) is 8.56. The number of nitrogens with zero attached hydrogens (tertiary/aromatic N) is 1. The van der Waals surface area contributed by atoms with Crippen LogP contribution in [0.5, 0.6) is 0 Å². The van der Waals surface area contributed by atoms with E-state index in [-0.39, 0.29) is 6.04 Å². The monoisotopic (exact) mass is 300 g/mol. The number of pyridine rings is 1. The normalized spacial score (nSPS) is 12.4. The third-order valence-electron chi connectivity index (χ3n) is 2.59. The van der Waals surface area contributed by atoms with E-state index in [1.54, 1.807) is 24.4 Å². The molecule has 0 saturated carbocycles. The summed E-state index contributed by atoms with van der Waals surface area (Å²) in [4.78, 5) is 4.20. The second-order valence-electron chi connectivity index (χ2n) is 3.95. The lowest BCUT2D eigenvalue weighted by atomic mass is 10.0. The lowest BCUT2D eigenvalue weighted by Crippen LogP contribution is -2.15. The Balaban J connectivity index is 2.15. The maximum atomic E-state index is 6.10. The summed E-state index contributed by atoms with van der Waals surface area (Å²) in [6.07, 6.45) is 2.19. The van der Waals surface area contributed by atoms with Crippen molar-refractivity contribution in [2.45, 2.75) is 12.5 Å². The largest absolute Gasteiger partial charge is 0.322 e. The second kappa shape index (κ2) is 5.89. The molecule has 94 valence electrons. The summed E-state index contributed by atoms with van der Waals surface area (Å²) in [5.41, 5.74) is 7.82. The molecule has 2 N–H and O–H groups in total. The Bertz CT molecular complexity index is 540. The second-order valence-corrected chi connectivity index (χ2v) is 5.23. The summed E-state index contributed by atoms with van der Waals surface area (Å²) in [7, 11) is 0. The van der Waals surface area contributed by atoms with Crippen molar-refractivity contribution < 1.29 is 0 Å². The van der Waals surface area contributed by atoms with Crippen molar-refractivity contribution in [2.24, 2.45) is 5.73 Å². The molecule has 0 spiro atoms. The minimum absolute atomic E-state index is 0.221. The highest BCUT2D eigenvalue weighted by Gasteiger charge is 2.11. The Morgan fingerprint density at radius 2 is 1.78 bits per heavy atom. The lowest BCUT2D eigenvalue weighted by molar-refractivity contribution is 0.697. The Kier molecular flexibility index (Phi) is 4.46. The van der Waals surface area contributed by atoms with Crippen molar-refractivity contribution in [3.63, 3.8) is 0 Å². The molecule has 0 aliphatic rings. The highest BCUT2D eigenvalue weighted by molar-refractivity contribution is 6.35. The van der Waals surface area contributed by atoms with E-state index in [1.165, 1.54) is 0 Å². The molecular weight excluding hydrogens is 291 g/mol. The molecule has 1 heterocycles. The van der Waals surface area contributed by atoms with Crippen LogP contribution in [0.2, 0.25) is 15.1 Å². The average Bonchev–Trinajstić information content (AvgIpc) is 2.33. The number of halogens is 3. The van der Waals surface area contributed by atoms with Crippen LogP contribution in [-0.2, 0) is 6.42 Å². The van der Waals surface area contributed by atoms with Gasteiger partial charge in [0.25, 0.3) is 0 Å². The van der Waals surface area contributed by atoms with Crippen LogP contribution in [0.25, 0.3) is 0 Å². The average molecular weight is 302 g/mol. The molecule has 1 atom stereocenters. The van der Waals surface area contributed by atoms with E-state index in [0.29, 0.717) is 21.5 Å². The maximum absolute atomic E-state index is 6.10. The van der Waals surface area contributed by atoms with E-state index in [4.69, 9.17) is 40.5 Å². The predicted molar refractivity (Wildman–Crippen MR) is 76.3 cm³/mol. The van der Waals surface area contributed by atoms with Crippen molar-refractivity contribution in [3.8, 4) is 0 Å². The van der Waals surface area contributed by atoms with Gasteiger partial charge in [-0.05, 0) is 36.2 Å². The maximum Gasteiger partial charge on any atom is 0.0589 e. The van der Waals surface area contributed by atoms with E-state index in [2.05, 4.69) is 4.98 Å². The van der Waals surface area contributed by atoms with Gasteiger partial charge in [0.05, 0.1) is 16.8 Å². The van der Waals surface area contributed by atoms with E-state index in [1.807, 2.05) is 12.1 Å². The van der Waals surface area contributed by atoms with Gasteiger partial charge in [0.2, 0.25) is 0 Å². The number of benzene rings is 1. The van der Waals surface area contributed by atoms with Crippen LogP contribution in [0.15, 0.2) is 36.5 Å². The Labute approximate surface area is 121 Å². The van der Waals surface area contributed by atoms with Crippen LogP contribution < -0.4 is 5.73 Å². The third-order valence-corrected chi connectivity index (χ3v) is 3.40. The molecular formula is C13H11Cl3N2. The number of hydrogen-bond acceptors (Lipinski definition) is 2. The van der Waals surface area contributed by atoms with Crippen LogP contribution in [0.3, 0.4) is 0 Å². The number of aromatic nitrogens is 1. The fraction of sp³-hybridized carbons (Fsp3) is 0.154. The van der Waals surface area contributed by atoms with Gasteiger partial charge < -0.3 is 5.73 Å². The van der Waals surface area contributed by atoms with Gasteiger partial charge in [0.1, 0.15) is 0 Å². The summed E-state index contributed by atoms with van der Waals surface area (Å²) in [5.74, 6) is 0. The molecule has 0 amide bonds. The fourth-order valence-corrected chi connectivity index (χ4v) is 2.23. The van der Waals surface area contributed by atoms with Gasteiger partial charge >= 0.3 is 0 Å². The molecule has 1 aromatic carbocycles. The van der Waals surface area contributed by atoms with Crippen molar-refractivity contribution >= 4 is 34.8 Å². The van der Waals surface area contributed by atoms with Gasteiger partial charge in [-0.25, -0.2) is 0 Å². The number of hydrogen-bond donors (Lipinski definition) is 1. The summed E-state index contributed by atoms with van der Waals surface area (Å²) in [6, 6.07) is 8.75. The van der Waals surface area contributed by atoms with Crippen LogP contribution in [0.4, 0.5) is 0 Å². The summed E-state index contributed by atoms with van der Waals surface area (Å²) < 4.78 is 0. The van der Waals surface area contributed by atoms with Gasteiger partial charge in [-0.1, -0.05) is 40.9 Å². The van der Waals surface area contributed by atoms with Gasteiger partial charge in [-0.2, -0.15) is 0 Å². The van der Waals surface area contributed by atoms with Crippen LogP contribution in [-0.4, -0.2) is 4.98 Å². The molecule has 0 aliphatic heterocycles. The Hall–Kier alpha value is -0.800. The van der Waals surface area contributed by atoms with Crippen molar-refractivity contribution in [1.29, 1.82) is 0 Å². The van der Waals surface area contributed by atoms with E-state index >= 15 is 0 Å². The van der Waals surface area contributed by atoms with Crippen LogP contribution >= 0.6 is 34.8 Å². The van der Waals surface area contributed by atoms with Crippen molar-refractivity contribution in [3.05, 3.63) is 62.9 Å². The smallest absolute Gasteiger partial charge is 0.0589 e. The molecule has 0 aliphatic carbocycles. The molecule has 2 nitrogen and oxygen atoms in total. The fourth-order valence-electron chi connectivity index (χ4n) is 1.64. The molecule has 5 heteroatoms.